The van der Waals surface area contributed by atoms with Gasteiger partial charge in [0.2, 0.25) is 0 Å². The van der Waals surface area contributed by atoms with E-state index in [0.717, 1.165) is 0 Å². The molecule has 22 heavy (non-hydrogen) atoms. The molecule has 0 aliphatic heterocycles. The van der Waals surface area contributed by atoms with Crippen LogP contribution in [0.1, 0.15) is 27.9 Å². The molecule has 0 radical (unpaired) electrons. The zero-order valence-electron chi connectivity index (χ0n) is 12.1. The maximum atomic E-state index is 11.1. The lowest BCUT2D eigenvalue weighted by atomic mass is 10.4. The number of ether oxygens (including phenoxy) is 1. The van der Waals surface area contributed by atoms with E-state index in [9.17, 15) is 9.59 Å². The van der Waals surface area contributed by atoms with Gasteiger partial charge < -0.3 is 9.84 Å². The highest BCUT2D eigenvalue weighted by molar-refractivity contribution is 6.33. The van der Waals surface area contributed by atoms with E-state index >= 15 is 0 Å². The van der Waals surface area contributed by atoms with E-state index in [2.05, 4.69) is 10.2 Å². The third-order valence-electron chi connectivity index (χ3n) is 2.24. The van der Waals surface area contributed by atoms with E-state index in [-0.39, 0.29) is 16.4 Å². The van der Waals surface area contributed by atoms with Gasteiger partial charge >= 0.3 is 11.9 Å². The van der Waals surface area contributed by atoms with Crippen LogP contribution in [0.5, 0.6) is 0 Å². The number of hydrogen-bond donors (Lipinski definition) is 1. The van der Waals surface area contributed by atoms with Gasteiger partial charge in [-0.05, 0) is 6.92 Å². The summed E-state index contributed by atoms with van der Waals surface area (Å²) >= 11 is 11.2. The van der Waals surface area contributed by atoms with E-state index in [1.165, 1.54) is 15.6 Å². The van der Waals surface area contributed by atoms with Gasteiger partial charge in [0.25, 0.3) is 0 Å². The van der Waals surface area contributed by atoms with E-state index in [1.807, 2.05) is 0 Å². The molecule has 0 unspecified atom stereocenters. The zero-order chi connectivity index (χ0) is 16.9. The Kier molecular flexibility index (Phi) is 6.39. The Labute approximate surface area is 136 Å². The number of carbonyl (C=O) groups excluding carboxylic acids is 1. The van der Waals surface area contributed by atoms with Gasteiger partial charge in [-0.3, -0.25) is 9.36 Å². The van der Waals surface area contributed by atoms with E-state index in [1.54, 1.807) is 27.2 Å². The second kappa shape index (κ2) is 7.81. The van der Waals surface area contributed by atoms with Crippen molar-refractivity contribution in [2.75, 3.05) is 6.61 Å². The molecule has 2 aromatic heterocycles. The molecule has 0 bridgehead atoms. The summed E-state index contributed by atoms with van der Waals surface area (Å²) in [7, 11) is 3.30. The van der Waals surface area contributed by atoms with Crippen molar-refractivity contribution in [1.29, 1.82) is 0 Å². The van der Waals surface area contributed by atoms with Crippen LogP contribution in [0.25, 0.3) is 0 Å². The highest BCUT2D eigenvalue weighted by Gasteiger charge is 2.15. The number of aromatic nitrogens is 4. The first-order chi connectivity index (χ1) is 10.3. The van der Waals surface area contributed by atoms with Crippen molar-refractivity contribution in [2.24, 2.45) is 14.1 Å². The number of nitrogens with zero attached hydrogens (tertiary/aromatic N) is 4. The largest absolute Gasteiger partial charge is 0.476 e. The van der Waals surface area contributed by atoms with Crippen molar-refractivity contribution in [3.8, 4) is 0 Å². The Morgan fingerprint density at radius 1 is 1.14 bits per heavy atom. The van der Waals surface area contributed by atoms with Crippen molar-refractivity contribution in [2.45, 2.75) is 6.92 Å². The maximum absolute atomic E-state index is 11.1. The normalized spacial score (nSPS) is 9.86. The summed E-state index contributed by atoms with van der Waals surface area (Å²) in [5.74, 6) is -1.59. The van der Waals surface area contributed by atoms with E-state index in [4.69, 9.17) is 33.0 Å². The molecular weight excluding hydrogens is 335 g/mol. The first kappa shape index (κ1) is 18.0. The van der Waals surface area contributed by atoms with Crippen LogP contribution in [0.2, 0.25) is 10.0 Å². The number of carboxylic acid groups (broad SMARTS) is 1. The quantitative estimate of drug-likeness (QED) is 0.851. The van der Waals surface area contributed by atoms with Crippen molar-refractivity contribution >= 4 is 35.1 Å². The van der Waals surface area contributed by atoms with Crippen LogP contribution >= 0.6 is 23.2 Å². The summed E-state index contributed by atoms with van der Waals surface area (Å²) in [5, 5.41) is 16.3. The molecule has 2 aromatic rings. The van der Waals surface area contributed by atoms with Crippen LogP contribution in [0.4, 0.5) is 0 Å². The van der Waals surface area contributed by atoms with Crippen LogP contribution in [0.15, 0.2) is 12.4 Å². The Hall–Kier alpha value is -2.06. The number of esters is 1. The van der Waals surface area contributed by atoms with Crippen molar-refractivity contribution in [1.82, 2.24) is 19.6 Å². The van der Waals surface area contributed by atoms with Gasteiger partial charge in [-0.2, -0.15) is 10.2 Å². The minimum absolute atomic E-state index is 0.107. The van der Waals surface area contributed by atoms with Gasteiger partial charge in [0.15, 0.2) is 11.4 Å². The van der Waals surface area contributed by atoms with Crippen LogP contribution in [0, 0.1) is 0 Å². The summed E-state index contributed by atoms with van der Waals surface area (Å²) in [6, 6.07) is 0. The topological polar surface area (TPSA) is 99.2 Å². The summed E-state index contributed by atoms with van der Waals surface area (Å²) in [4.78, 5) is 21.4. The van der Waals surface area contributed by atoms with Gasteiger partial charge in [-0.15, -0.1) is 0 Å². The number of halogens is 2. The molecule has 0 spiro atoms. The second-order valence-corrected chi connectivity index (χ2v) is 4.84. The van der Waals surface area contributed by atoms with Gasteiger partial charge in [-0.25, -0.2) is 9.59 Å². The monoisotopic (exact) mass is 348 g/mol. The SMILES string of the molecule is CCOC(=O)c1nn(C)cc1Cl.Cn1cc(Cl)c(C(=O)O)n1. The Bertz CT molecular complexity index is 681. The summed E-state index contributed by atoms with van der Waals surface area (Å²) in [6.45, 7) is 2.06. The molecule has 8 nitrogen and oxygen atoms in total. The minimum Gasteiger partial charge on any atom is -0.476 e. The zero-order valence-corrected chi connectivity index (χ0v) is 13.6. The summed E-state index contributed by atoms with van der Waals surface area (Å²) in [6.07, 6.45) is 2.98. The second-order valence-electron chi connectivity index (χ2n) is 4.02. The molecule has 10 heteroatoms. The first-order valence-corrected chi connectivity index (χ1v) is 6.80. The Morgan fingerprint density at radius 3 is 1.86 bits per heavy atom. The molecule has 0 fully saturated rings. The number of rotatable bonds is 3. The molecule has 0 saturated heterocycles. The van der Waals surface area contributed by atoms with Gasteiger partial charge in [0, 0.05) is 26.5 Å². The van der Waals surface area contributed by atoms with Crippen molar-refractivity contribution < 1.29 is 19.4 Å². The highest BCUT2D eigenvalue weighted by Crippen LogP contribution is 2.14. The lowest BCUT2D eigenvalue weighted by Gasteiger charge is -1.96. The average Bonchev–Trinajstić information content (AvgIpc) is 2.92. The lowest BCUT2D eigenvalue weighted by molar-refractivity contribution is 0.0518. The first-order valence-electron chi connectivity index (χ1n) is 6.05. The number of carboxylic acids is 1. The lowest BCUT2D eigenvalue weighted by Crippen LogP contribution is -2.06. The molecule has 1 N–H and O–H groups in total. The fourth-order valence-corrected chi connectivity index (χ4v) is 1.92. The third kappa shape index (κ3) is 4.74. The summed E-state index contributed by atoms with van der Waals surface area (Å²) < 4.78 is 7.54. The fraction of sp³-hybridized carbons (Fsp3) is 0.333. The molecule has 0 atom stereocenters. The maximum Gasteiger partial charge on any atom is 0.360 e. The molecule has 0 amide bonds. The van der Waals surface area contributed by atoms with Crippen LogP contribution in [-0.4, -0.2) is 43.2 Å². The number of aromatic carboxylic acids is 1. The van der Waals surface area contributed by atoms with Gasteiger partial charge in [-0.1, -0.05) is 23.2 Å². The number of hydrogen-bond acceptors (Lipinski definition) is 5. The van der Waals surface area contributed by atoms with E-state index < -0.39 is 11.9 Å². The highest BCUT2D eigenvalue weighted by atomic mass is 35.5. The van der Waals surface area contributed by atoms with Crippen LogP contribution in [-0.2, 0) is 18.8 Å². The minimum atomic E-state index is -1.11. The summed E-state index contributed by atoms with van der Waals surface area (Å²) in [5.41, 5.74) is 0.0604. The predicted molar refractivity (Wildman–Crippen MR) is 79.4 cm³/mol. The molecular formula is C12H14Cl2N4O4. The van der Waals surface area contributed by atoms with Gasteiger partial charge in [0.1, 0.15) is 0 Å². The Balaban J connectivity index is 0.000000224. The fourth-order valence-electron chi connectivity index (χ4n) is 1.40. The molecule has 0 aliphatic carbocycles. The van der Waals surface area contributed by atoms with Crippen LogP contribution < -0.4 is 0 Å². The number of carbonyl (C=O) groups is 2. The van der Waals surface area contributed by atoms with E-state index in [0.29, 0.717) is 11.6 Å². The molecule has 120 valence electrons. The van der Waals surface area contributed by atoms with Crippen LogP contribution in [0.3, 0.4) is 0 Å². The molecule has 2 heterocycles. The third-order valence-corrected chi connectivity index (χ3v) is 2.79. The Morgan fingerprint density at radius 2 is 1.59 bits per heavy atom. The smallest absolute Gasteiger partial charge is 0.360 e. The number of aryl methyl sites for hydroxylation is 2. The molecule has 0 aliphatic rings. The van der Waals surface area contributed by atoms with Crippen molar-refractivity contribution in [3.05, 3.63) is 33.8 Å². The standard InChI is InChI=1S/C7H9ClN2O2.C5H5ClN2O2/c1-3-12-7(11)6-5(8)4-10(2)9-6;1-8-2-3(6)4(7-8)5(9)10/h4H,3H2,1-2H3;2H,1H3,(H,9,10). The predicted octanol–water partition coefficient (Wildman–Crippen LogP) is 2.02. The average molecular weight is 349 g/mol. The molecule has 2 rings (SSSR count). The van der Waals surface area contributed by atoms with Gasteiger partial charge in [0.05, 0.1) is 16.7 Å². The molecule has 0 aromatic carbocycles. The molecule has 0 saturated carbocycles. The van der Waals surface area contributed by atoms with Crippen molar-refractivity contribution in [3.63, 3.8) is 0 Å².